The maximum atomic E-state index is 12.3. The monoisotopic (exact) mass is 420 g/mol. The first-order valence-corrected chi connectivity index (χ1v) is 12.1. The summed E-state index contributed by atoms with van der Waals surface area (Å²) < 4.78 is 16.0. The molecule has 0 amide bonds. The molecule has 4 aliphatic carbocycles. The summed E-state index contributed by atoms with van der Waals surface area (Å²) >= 11 is 0. The van der Waals surface area contributed by atoms with Crippen LogP contribution in [-0.2, 0) is 16.0 Å². The molecule has 2 saturated carbocycles. The van der Waals surface area contributed by atoms with Gasteiger partial charge in [-0.15, -0.1) is 0 Å². The van der Waals surface area contributed by atoms with Crippen molar-refractivity contribution in [2.24, 2.45) is 47.3 Å². The molecule has 0 N–H and O–H groups in total. The zero-order chi connectivity index (χ0) is 20.9. The van der Waals surface area contributed by atoms with Gasteiger partial charge < -0.3 is 14.2 Å². The molecule has 164 valence electrons. The van der Waals surface area contributed by atoms with E-state index in [0.717, 1.165) is 41.6 Å². The van der Waals surface area contributed by atoms with Gasteiger partial charge >= 0.3 is 5.97 Å². The summed E-state index contributed by atoms with van der Waals surface area (Å²) in [5.41, 5.74) is 1.35. The van der Waals surface area contributed by atoms with Crippen LogP contribution in [0.1, 0.15) is 37.7 Å². The predicted octanol–water partition coefficient (Wildman–Crippen LogP) is 5.18. The van der Waals surface area contributed by atoms with Gasteiger partial charge in [0.05, 0.1) is 13.0 Å². The highest BCUT2D eigenvalue weighted by atomic mass is 16.7. The quantitative estimate of drug-likeness (QED) is 0.346. The molecule has 1 aliphatic heterocycles. The highest BCUT2D eigenvalue weighted by molar-refractivity contribution is 5.75. The number of esters is 1. The Morgan fingerprint density at radius 1 is 1.00 bits per heavy atom. The first-order valence-electron chi connectivity index (χ1n) is 12.1. The summed E-state index contributed by atoms with van der Waals surface area (Å²) in [6.07, 6.45) is 17.0. The second kappa shape index (κ2) is 7.72. The lowest BCUT2D eigenvalue weighted by atomic mass is 9.50. The van der Waals surface area contributed by atoms with E-state index in [-0.39, 0.29) is 11.9 Å². The van der Waals surface area contributed by atoms with E-state index in [1.807, 2.05) is 6.07 Å². The van der Waals surface area contributed by atoms with Crippen LogP contribution in [0.15, 0.2) is 42.5 Å². The number of hydrogen-bond donors (Lipinski definition) is 0. The van der Waals surface area contributed by atoms with E-state index < -0.39 is 0 Å². The first-order chi connectivity index (χ1) is 15.2. The maximum Gasteiger partial charge on any atom is 0.313 e. The zero-order valence-corrected chi connectivity index (χ0v) is 18.2. The van der Waals surface area contributed by atoms with Gasteiger partial charge in [-0.2, -0.15) is 0 Å². The van der Waals surface area contributed by atoms with Gasteiger partial charge in [-0.25, -0.2) is 0 Å². The standard InChI is InChI=1S/C27H32O4/c1-29-27(28)21-9-8-17-14-22-18(19-10-11-20(21)25(17)26(19)22)6-4-2-3-5-16-7-12-23-24(13-16)31-15-30-23/h7-13,17-22,25-26H,2-6,14-15H2,1H3. The molecule has 1 aromatic carbocycles. The summed E-state index contributed by atoms with van der Waals surface area (Å²) in [6.45, 7) is 0.347. The molecule has 4 nitrogen and oxygen atoms in total. The number of fused-ring (bicyclic) bond motifs is 1. The fourth-order valence-electron chi connectivity index (χ4n) is 7.54. The summed E-state index contributed by atoms with van der Waals surface area (Å²) in [7, 11) is 1.51. The molecule has 1 aromatic rings. The highest BCUT2D eigenvalue weighted by Crippen LogP contribution is 2.67. The first kappa shape index (κ1) is 19.5. The molecule has 5 aliphatic rings. The Kier molecular flexibility index (Phi) is 4.85. The van der Waals surface area contributed by atoms with Gasteiger partial charge in [-0.05, 0) is 84.8 Å². The molecule has 2 fully saturated rings. The SMILES string of the molecule is COC(=O)C1C=CC2CC3C(CCCCCc4ccc5c(c4)OCO5)C4C=CC1C2C43. The number of benzene rings is 1. The second-order valence-corrected chi connectivity index (χ2v) is 10.1. The van der Waals surface area contributed by atoms with Crippen molar-refractivity contribution in [3.05, 3.63) is 48.1 Å². The van der Waals surface area contributed by atoms with E-state index in [2.05, 4.69) is 36.4 Å². The lowest BCUT2D eigenvalue weighted by Gasteiger charge is -2.54. The molecule has 8 atom stereocenters. The third-order valence-electron chi connectivity index (χ3n) is 8.86. The third-order valence-corrected chi connectivity index (χ3v) is 8.86. The average molecular weight is 421 g/mol. The van der Waals surface area contributed by atoms with Gasteiger partial charge in [0.1, 0.15) is 0 Å². The number of rotatable bonds is 7. The van der Waals surface area contributed by atoms with Crippen molar-refractivity contribution < 1.29 is 19.0 Å². The van der Waals surface area contributed by atoms with E-state index in [9.17, 15) is 4.79 Å². The number of methoxy groups -OCH3 is 1. The summed E-state index contributed by atoms with van der Waals surface area (Å²) in [5.74, 6) is 6.58. The molecule has 8 unspecified atom stereocenters. The van der Waals surface area contributed by atoms with Crippen molar-refractivity contribution in [2.75, 3.05) is 13.9 Å². The molecule has 0 spiro atoms. The minimum absolute atomic E-state index is 0.0652. The van der Waals surface area contributed by atoms with Crippen LogP contribution >= 0.6 is 0 Å². The molecular weight excluding hydrogens is 388 g/mol. The Labute approximate surface area is 184 Å². The smallest absolute Gasteiger partial charge is 0.313 e. The van der Waals surface area contributed by atoms with Crippen molar-refractivity contribution in [1.82, 2.24) is 0 Å². The van der Waals surface area contributed by atoms with E-state index >= 15 is 0 Å². The Bertz CT molecular complexity index is 918. The molecule has 0 radical (unpaired) electrons. The van der Waals surface area contributed by atoms with E-state index in [0.29, 0.717) is 24.5 Å². The topological polar surface area (TPSA) is 44.8 Å². The number of aryl methyl sites for hydroxylation is 1. The number of carbonyl (C=O) groups is 1. The molecule has 1 heterocycles. The molecule has 4 heteroatoms. The van der Waals surface area contributed by atoms with Crippen molar-refractivity contribution in [1.29, 1.82) is 0 Å². The van der Waals surface area contributed by atoms with Gasteiger partial charge in [0, 0.05) is 0 Å². The number of ether oxygens (including phenoxy) is 3. The Morgan fingerprint density at radius 2 is 1.87 bits per heavy atom. The minimum atomic E-state index is -0.0718. The zero-order valence-electron chi connectivity index (χ0n) is 18.2. The molecule has 0 bridgehead atoms. The molecule has 0 saturated heterocycles. The van der Waals surface area contributed by atoms with Crippen LogP contribution in [0.2, 0.25) is 0 Å². The maximum absolute atomic E-state index is 12.3. The summed E-state index contributed by atoms with van der Waals surface area (Å²) in [4.78, 5) is 12.3. The lowest BCUT2D eigenvalue weighted by Crippen LogP contribution is -2.50. The second-order valence-electron chi connectivity index (χ2n) is 10.1. The Balaban J connectivity index is 1.02. The Morgan fingerprint density at radius 3 is 2.77 bits per heavy atom. The van der Waals surface area contributed by atoms with Crippen LogP contribution in [0.5, 0.6) is 11.5 Å². The minimum Gasteiger partial charge on any atom is -0.469 e. The molecule has 6 rings (SSSR count). The van der Waals surface area contributed by atoms with E-state index in [4.69, 9.17) is 14.2 Å². The van der Waals surface area contributed by atoms with Crippen LogP contribution < -0.4 is 9.47 Å². The van der Waals surface area contributed by atoms with E-state index in [1.54, 1.807) is 0 Å². The number of hydrogen-bond acceptors (Lipinski definition) is 4. The van der Waals surface area contributed by atoms with Crippen LogP contribution in [0, 0.1) is 47.3 Å². The molecular formula is C27H32O4. The van der Waals surface area contributed by atoms with Crippen LogP contribution in [-0.4, -0.2) is 19.9 Å². The van der Waals surface area contributed by atoms with Gasteiger partial charge in [0.25, 0.3) is 0 Å². The predicted molar refractivity (Wildman–Crippen MR) is 118 cm³/mol. The van der Waals surface area contributed by atoms with Crippen LogP contribution in [0.4, 0.5) is 0 Å². The van der Waals surface area contributed by atoms with Gasteiger partial charge in [-0.3, -0.25) is 4.79 Å². The van der Waals surface area contributed by atoms with Gasteiger partial charge in [-0.1, -0.05) is 43.2 Å². The normalized spacial score (nSPS) is 38.0. The van der Waals surface area contributed by atoms with Crippen molar-refractivity contribution in [3.8, 4) is 11.5 Å². The number of unbranched alkanes of at least 4 members (excludes halogenated alkanes) is 2. The largest absolute Gasteiger partial charge is 0.469 e. The van der Waals surface area contributed by atoms with Gasteiger partial charge in [0.15, 0.2) is 11.5 Å². The van der Waals surface area contributed by atoms with Crippen LogP contribution in [0.3, 0.4) is 0 Å². The Hall–Kier alpha value is -2.23. The van der Waals surface area contributed by atoms with Crippen LogP contribution in [0.25, 0.3) is 0 Å². The lowest BCUT2D eigenvalue weighted by molar-refractivity contribution is -0.146. The third kappa shape index (κ3) is 3.13. The average Bonchev–Trinajstić information content (AvgIpc) is 3.39. The van der Waals surface area contributed by atoms with Crippen molar-refractivity contribution >= 4 is 5.97 Å². The number of carbonyl (C=O) groups excluding carboxylic acids is 1. The highest BCUT2D eigenvalue weighted by Gasteiger charge is 2.62. The van der Waals surface area contributed by atoms with Gasteiger partial charge in [0.2, 0.25) is 6.79 Å². The van der Waals surface area contributed by atoms with E-state index in [1.165, 1.54) is 44.8 Å². The van der Waals surface area contributed by atoms with Crippen molar-refractivity contribution in [2.45, 2.75) is 38.5 Å². The number of allylic oxidation sites excluding steroid dienone is 3. The molecule has 0 aromatic heterocycles. The fraction of sp³-hybridized carbons (Fsp3) is 0.593. The van der Waals surface area contributed by atoms with Crippen molar-refractivity contribution in [3.63, 3.8) is 0 Å². The molecule has 31 heavy (non-hydrogen) atoms. The fourth-order valence-corrected chi connectivity index (χ4v) is 7.54. The summed E-state index contributed by atoms with van der Waals surface area (Å²) in [5, 5.41) is 0. The summed E-state index contributed by atoms with van der Waals surface area (Å²) in [6, 6.07) is 6.34.